The lowest BCUT2D eigenvalue weighted by Gasteiger charge is -2.34. The van der Waals surface area contributed by atoms with Crippen LogP contribution in [0.3, 0.4) is 0 Å². The van der Waals surface area contributed by atoms with E-state index in [1.807, 2.05) is 0 Å². The molecule has 0 aliphatic rings. The van der Waals surface area contributed by atoms with Crippen molar-refractivity contribution in [3.05, 3.63) is 29.8 Å². The average molecular weight is 558 g/mol. The number of hydrogen-bond donors (Lipinski definition) is 2. The van der Waals surface area contributed by atoms with Gasteiger partial charge in [0.1, 0.15) is 5.54 Å². The standard InChI is InChI=1S/C26H39NO10S/c1-4-35-22(28)11-14-32-17-26(18-33-15-12-23(29)36-5-2,19-34-16-13-24(30)37-6-3)27-25(31)20-7-9-21(38)10-8-20/h7-10,38H,4-6,11-19H2,1-3H3,(H,27,31). The quantitative estimate of drug-likeness (QED) is 0.106. The van der Waals surface area contributed by atoms with Crippen molar-refractivity contribution in [3.63, 3.8) is 0 Å². The van der Waals surface area contributed by atoms with Crippen molar-refractivity contribution in [2.45, 2.75) is 50.5 Å². The van der Waals surface area contributed by atoms with E-state index in [1.165, 1.54) is 0 Å². The van der Waals surface area contributed by atoms with Gasteiger partial charge in [-0.15, -0.1) is 12.6 Å². The number of carbonyl (C=O) groups excluding carboxylic acids is 4. The van der Waals surface area contributed by atoms with Crippen molar-refractivity contribution in [2.24, 2.45) is 0 Å². The van der Waals surface area contributed by atoms with Gasteiger partial charge in [0.25, 0.3) is 5.91 Å². The highest BCUT2D eigenvalue weighted by Crippen LogP contribution is 2.14. The molecule has 0 aromatic heterocycles. The van der Waals surface area contributed by atoms with Gasteiger partial charge in [-0.2, -0.15) is 0 Å². The van der Waals surface area contributed by atoms with Crippen LogP contribution >= 0.6 is 12.6 Å². The Bertz CT molecular complexity index is 798. The molecule has 1 aromatic carbocycles. The van der Waals surface area contributed by atoms with Crippen LogP contribution in [-0.4, -0.2) is 88.8 Å². The minimum Gasteiger partial charge on any atom is -0.466 e. The zero-order valence-electron chi connectivity index (χ0n) is 22.3. The fraction of sp³-hybridized carbons (Fsp3) is 0.615. The molecule has 11 nitrogen and oxygen atoms in total. The van der Waals surface area contributed by atoms with E-state index in [-0.39, 0.29) is 78.7 Å². The Morgan fingerprint density at radius 1 is 0.684 bits per heavy atom. The lowest BCUT2D eigenvalue weighted by Crippen LogP contribution is -2.58. The molecule has 0 radical (unpaired) electrons. The molecule has 0 fully saturated rings. The van der Waals surface area contributed by atoms with E-state index in [2.05, 4.69) is 17.9 Å². The predicted molar refractivity (Wildman–Crippen MR) is 140 cm³/mol. The molecule has 0 bridgehead atoms. The molecule has 12 heteroatoms. The van der Waals surface area contributed by atoms with Gasteiger partial charge in [-0.05, 0) is 45.0 Å². The monoisotopic (exact) mass is 557 g/mol. The Balaban J connectivity index is 2.99. The number of benzene rings is 1. The molecule has 1 amide bonds. The van der Waals surface area contributed by atoms with Crippen LogP contribution in [0.5, 0.6) is 0 Å². The van der Waals surface area contributed by atoms with E-state index >= 15 is 0 Å². The summed E-state index contributed by atoms with van der Waals surface area (Å²) >= 11 is 4.25. The van der Waals surface area contributed by atoms with Crippen LogP contribution in [0.2, 0.25) is 0 Å². The number of amides is 1. The highest BCUT2D eigenvalue weighted by Gasteiger charge is 2.34. The zero-order chi connectivity index (χ0) is 28.2. The highest BCUT2D eigenvalue weighted by atomic mass is 32.1. The highest BCUT2D eigenvalue weighted by molar-refractivity contribution is 7.80. The van der Waals surface area contributed by atoms with Gasteiger partial charge in [-0.1, -0.05) is 0 Å². The molecule has 214 valence electrons. The second kappa shape index (κ2) is 19.4. The summed E-state index contributed by atoms with van der Waals surface area (Å²) in [6.45, 7) is 5.77. The van der Waals surface area contributed by atoms with E-state index in [1.54, 1.807) is 45.0 Å². The largest absolute Gasteiger partial charge is 0.466 e. The summed E-state index contributed by atoms with van der Waals surface area (Å²) in [5.74, 6) is -1.66. The number of esters is 3. The van der Waals surface area contributed by atoms with Gasteiger partial charge in [-0.25, -0.2) is 0 Å². The molecule has 1 aromatic rings. The van der Waals surface area contributed by atoms with E-state index in [4.69, 9.17) is 28.4 Å². The van der Waals surface area contributed by atoms with Crippen LogP contribution < -0.4 is 5.32 Å². The van der Waals surface area contributed by atoms with Gasteiger partial charge >= 0.3 is 17.9 Å². The maximum absolute atomic E-state index is 13.1. The molecular weight excluding hydrogens is 518 g/mol. The number of nitrogens with one attached hydrogen (secondary N) is 1. The predicted octanol–water partition coefficient (Wildman–Crippen LogP) is 2.35. The Labute approximate surface area is 229 Å². The Morgan fingerprint density at radius 3 is 1.39 bits per heavy atom. The molecular formula is C26H39NO10S. The van der Waals surface area contributed by atoms with E-state index in [9.17, 15) is 19.2 Å². The number of thiol groups is 1. The van der Waals surface area contributed by atoms with Gasteiger partial charge in [0.15, 0.2) is 0 Å². The Hall–Kier alpha value is -2.67. The van der Waals surface area contributed by atoms with Crippen molar-refractivity contribution in [2.75, 3.05) is 59.5 Å². The number of rotatable bonds is 20. The Kier molecular flexibility index (Phi) is 17.0. The SMILES string of the molecule is CCOC(=O)CCOCC(COCCC(=O)OCC)(COCCC(=O)OCC)NC(=O)c1ccc(S)cc1. The van der Waals surface area contributed by atoms with Crippen molar-refractivity contribution in [1.82, 2.24) is 5.32 Å². The second-order valence-corrected chi connectivity index (χ2v) is 8.62. The molecule has 0 spiro atoms. The third kappa shape index (κ3) is 14.3. The zero-order valence-corrected chi connectivity index (χ0v) is 23.2. The first-order valence-electron chi connectivity index (χ1n) is 12.6. The topological polar surface area (TPSA) is 136 Å². The van der Waals surface area contributed by atoms with Crippen LogP contribution in [-0.2, 0) is 42.8 Å². The number of ether oxygens (including phenoxy) is 6. The van der Waals surface area contributed by atoms with Crippen LogP contribution in [0.1, 0.15) is 50.4 Å². The van der Waals surface area contributed by atoms with Crippen LogP contribution in [0.15, 0.2) is 29.2 Å². The summed E-state index contributed by atoms with van der Waals surface area (Å²) in [5.41, 5.74) is -0.842. The summed E-state index contributed by atoms with van der Waals surface area (Å²) in [4.78, 5) is 48.9. The maximum atomic E-state index is 13.1. The summed E-state index contributed by atoms with van der Waals surface area (Å²) < 4.78 is 32.0. The smallest absolute Gasteiger partial charge is 0.308 e. The summed E-state index contributed by atoms with van der Waals surface area (Å²) in [5, 5.41) is 2.92. The van der Waals surface area contributed by atoms with Crippen molar-refractivity contribution in [3.8, 4) is 0 Å². The van der Waals surface area contributed by atoms with E-state index in [0.717, 1.165) is 0 Å². The van der Waals surface area contributed by atoms with Crippen LogP contribution in [0, 0.1) is 0 Å². The lowest BCUT2D eigenvalue weighted by atomic mass is 10.0. The number of hydrogen-bond acceptors (Lipinski definition) is 11. The van der Waals surface area contributed by atoms with Crippen molar-refractivity contribution in [1.29, 1.82) is 0 Å². The minimum absolute atomic E-state index is 0.0225. The maximum Gasteiger partial charge on any atom is 0.308 e. The number of carbonyl (C=O) groups is 4. The third-order valence-corrected chi connectivity index (χ3v) is 5.21. The molecule has 1 N–H and O–H groups in total. The van der Waals surface area contributed by atoms with Crippen molar-refractivity contribution < 1.29 is 47.6 Å². The summed E-state index contributed by atoms with van der Waals surface area (Å²) in [6, 6.07) is 6.60. The first kappa shape index (κ1) is 33.4. The Morgan fingerprint density at radius 2 is 1.05 bits per heavy atom. The molecule has 0 heterocycles. The molecule has 0 aliphatic carbocycles. The van der Waals surface area contributed by atoms with E-state index in [0.29, 0.717) is 10.5 Å². The fourth-order valence-electron chi connectivity index (χ4n) is 3.13. The molecule has 0 aliphatic heterocycles. The minimum atomic E-state index is -1.21. The van der Waals surface area contributed by atoms with Gasteiger partial charge < -0.3 is 33.7 Å². The van der Waals surface area contributed by atoms with Crippen LogP contribution in [0.25, 0.3) is 0 Å². The first-order chi connectivity index (χ1) is 18.2. The second-order valence-electron chi connectivity index (χ2n) is 8.10. The fourth-order valence-corrected chi connectivity index (χ4v) is 3.28. The van der Waals surface area contributed by atoms with E-state index < -0.39 is 29.4 Å². The normalized spacial score (nSPS) is 11.1. The van der Waals surface area contributed by atoms with Gasteiger partial charge in [-0.3, -0.25) is 19.2 Å². The molecule has 0 saturated carbocycles. The summed E-state index contributed by atoms with van der Waals surface area (Å²) in [6.07, 6.45) is 0.0676. The summed E-state index contributed by atoms with van der Waals surface area (Å²) in [7, 11) is 0. The van der Waals surface area contributed by atoms with Gasteiger partial charge in [0, 0.05) is 10.5 Å². The molecule has 0 unspecified atom stereocenters. The molecule has 0 saturated heterocycles. The lowest BCUT2D eigenvalue weighted by molar-refractivity contribution is -0.145. The molecule has 0 atom stereocenters. The molecule has 38 heavy (non-hydrogen) atoms. The van der Waals surface area contributed by atoms with Crippen LogP contribution in [0.4, 0.5) is 0 Å². The average Bonchev–Trinajstić information content (AvgIpc) is 2.88. The van der Waals surface area contributed by atoms with Crippen molar-refractivity contribution >= 4 is 36.4 Å². The third-order valence-electron chi connectivity index (χ3n) is 4.91. The van der Waals surface area contributed by atoms with Gasteiger partial charge in [0.2, 0.25) is 0 Å². The van der Waals surface area contributed by atoms with Gasteiger partial charge in [0.05, 0.1) is 78.7 Å². The molecule has 1 rings (SSSR count). The first-order valence-corrected chi connectivity index (χ1v) is 13.0.